The standard InChI is InChI=1S/C13H17F2NO2/c1-13(2,12(17)18)3-4-16-8-9-5-10(14)7-11(15)6-9/h5-7,16H,3-4,8H2,1-2H3,(H,17,18). The molecule has 2 N–H and O–H groups in total. The Morgan fingerprint density at radius 1 is 1.28 bits per heavy atom. The lowest BCUT2D eigenvalue weighted by Gasteiger charge is -2.18. The summed E-state index contributed by atoms with van der Waals surface area (Å²) in [5, 5.41) is 11.9. The molecule has 18 heavy (non-hydrogen) atoms. The Labute approximate surface area is 105 Å². The Kier molecular flexibility index (Phi) is 4.78. The van der Waals surface area contributed by atoms with Crippen LogP contribution in [-0.2, 0) is 11.3 Å². The Bertz CT molecular complexity index is 413. The van der Waals surface area contributed by atoms with E-state index in [1.165, 1.54) is 12.1 Å². The summed E-state index contributed by atoms with van der Waals surface area (Å²) in [6.07, 6.45) is 0.445. The van der Waals surface area contributed by atoms with E-state index in [9.17, 15) is 13.6 Å². The van der Waals surface area contributed by atoms with Gasteiger partial charge in [-0.1, -0.05) is 0 Å². The molecule has 0 bridgehead atoms. The zero-order valence-corrected chi connectivity index (χ0v) is 10.5. The van der Waals surface area contributed by atoms with Gasteiger partial charge in [0.1, 0.15) is 11.6 Å². The third-order valence-corrected chi connectivity index (χ3v) is 2.76. The van der Waals surface area contributed by atoms with Gasteiger partial charge in [-0.3, -0.25) is 4.79 Å². The molecule has 1 rings (SSSR count). The van der Waals surface area contributed by atoms with E-state index in [2.05, 4.69) is 5.32 Å². The smallest absolute Gasteiger partial charge is 0.309 e. The summed E-state index contributed by atoms with van der Waals surface area (Å²) >= 11 is 0. The largest absolute Gasteiger partial charge is 0.481 e. The van der Waals surface area contributed by atoms with E-state index in [0.29, 0.717) is 25.1 Å². The molecular formula is C13H17F2NO2. The molecule has 0 saturated heterocycles. The van der Waals surface area contributed by atoms with Crippen LogP contribution in [0.3, 0.4) is 0 Å². The molecule has 100 valence electrons. The number of hydrogen-bond acceptors (Lipinski definition) is 2. The molecule has 5 heteroatoms. The SMILES string of the molecule is CC(C)(CCNCc1cc(F)cc(F)c1)C(=O)O. The summed E-state index contributed by atoms with van der Waals surface area (Å²) in [4.78, 5) is 10.8. The number of halogens is 2. The van der Waals surface area contributed by atoms with Gasteiger partial charge in [-0.2, -0.15) is 0 Å². The number of aliphatic carboxylic acids is 1. The average Bonchev–Trinajstić information content (AvgIpc) is 2.23. The van der Waals surface area contributed by atoms with Gasteiger partial charge in [0, 0.05) is 12.6 Å². The van der Waals surface area contributed by atoms with Crippen molar-refractivity contribution in [3.05, 3.63) is 35.4 Å². The Morgan fingerprint density at radius 3 is 2.33 bits per heavy atom. The summed E-state index contributed by atoms with van der Waals surface area (Å²) in [5.41, 5.74) is -0.305. The fourth-order valence-electron chi connectivity index (χ4n) is 1.45. The molecule has 0 saturated carbocycles. The summed E-state index contributed by atoms with van der Waals surface area (Å²) in [6.45, 7) is 4.06. The number of hydrogen-bond donors (Lipinski definition) is 2. The van der Waals surface area contributed by atoms with Gasteiger partial charge in [0.15, 0.2) is 0 Å². The van der Waals surface area contributed by atoms with Gasteiger partial charge in [-0.15, -0.1) is 0 Å². The van der Waals surface area contributed by atoms with Crippen LogP contribution in [0.15, 0.2) is 18.2 Å². The van der Waals surface area contributed by atoms with Crippen molar-refractivity contribution < 1.29 is 18.7 Å². The third kappa shape index (κ3) is 4.41. The van der Waals surface area contributed by atoms with Gasteiger partial charge < -0.3 is 10.4 Å². The molecule has 0 aliphatic rings. The van der Waals surface area contributed by atoms with Crippen molar-refractivity contribution in [3.8, 4) is 0 Å². The van der Waals surface area contributed by atoms with Crippen LogP contribution < -0.4 is 5.32 Å². The molecule has 1 aromatic rings. The minimum absolute atomic E-state index is 0.310. The van der Waals surface area contributed by atoms with Crippen LogP contribution in [-0.4, -0.2) is 17.6 Å². The Balaban J connectivity index is 2.40. The topological polar surface area (TPSA) is 49.3 Å². The molecule has 0 unspecified atom stereocenters. The molecule has 0 amide bonds. The quantitative estimate of drug-likeness (QED) is 0.770. The monoisotopic (exact) mass is 257 g/mol. The minimum atomic E-state index is -0.860. The van der Waals surface area contributed by atoms with Crippen LogP contribution in [0.25, 0.3) is 0 Å². The highest BCUT2D eigenvalue weighted by atomic mass is 19.1. The zero-order chi connectivity index (χ0) is 13.8. The Hall–Kier alpha value is -1.49. The average molecular weight is 257 g/mol. The van der Waals surface area contributed by atoms with Crippen molar-refractivity contribution in [1.82, 2.24) is 5.32 Å². The lowest BCUT2D eigenvalue weighted by Crippen LogP contribution is -2.28. The molecule has 0 aliphatic carbocycles. The summed E-state index contributed by atoms with van der Waals surface area (Å²) < 4.78 is 25.8. The van der Waals surface area contributed by atoms with Crippen molar-refractivity contribution in [1.29, 1.82) is 0 Å². The van der Waals surface area contributed by atoms with Gasteiger partial charge in [0.25, 0.3) is 0 Å². The molecule has 0 fully saturated rings. The van der Waals surface area contributed by atoms with Crippen molar-refractivity contribution >= 4 is 5.97 Å². The van der Waals surface area contributed by atoms with Gasteiger partial charge >= 0.3 is 5.97 Å². The van der Waals surface area contributed by atoms with Crippen molar-refractivity contribution in [3.63, 3.8) is 0 Å². The van der Waals surface area contributed by atoms with Crippen LogP contribution in [0.5, 0.6) is 0 Å². The minimum Gasteiger partial charge on any atom is -0.481 e. The predicted octanol–water partition coefficient (Wildman–Crippen LogP) is 2.56. The zero-order valence-electron chi connectivity index (χ0n) is 10.5. The molecule has 1 aromatic carbocycles. The summed E-state index contributed by atoms with van der Waals surface area (Å²) in [5.74, 6) is -2.09. The van der Waals surface area contributed by atoms with E-state index in [0.717, 1.165) is 6.07 Å². The van der Waals surface area contributed by atoms with Gasteiger partial charge in [-0.25, -0.2) is 8.78 Å². The normalized spacial score (nSPS) is 11.6. The van der Waals surface area contributed by atoms with Crippen molar-refractivity contribution in [2.45, 2.75) is 26.8 Å². The summed E-state index contributed by atoms with van der Waals surface area (Å²) in [6, 6.07) is 3.31. The van der Waals surface area contributed by atoms with Crippen LogP contribution in [0.2, 0.25) is 0 Å². The summed E-state index contributed by atoms with van der Waals surface area (Å²) in [7, 11) is 0. The highest BCUT2D eigenvalue weighted by Gasteiger charge is 2.25. The maximum Gasteiger partial charge on any atom is 0.309 e. The number of carboxylic acid groups (broad SMARTS) is 1. The van der Waals surface area contributed by atoms with Crippen molar-refractivity contribution in [2.24, 2.45) is 5.41 Å². The number of nitrogens with one attached hydrogen (secondary N) is 1. The number of rotatable bonds is 6. The number of benzene rings is 1. The van der Waals surface area contributed by atoms with E-state index in [1.54, 1.807) is 13.8 Å². The molecule has 0 radical (unpaired) electrons. The van der Waals surface area contributed by atoms with Crippen LogP contribution in [0, 0.1) is 17.0 Å². The molecular weight excluding hydrogens is 240 g/mol. The van der Waals surface area contributed by atoms with E-state index < -0.39 is 23.0 Å². The maximum atomic E-state index is 12.9. The van der Waals surface area contributed by atoms with Gasteiger partial charge in [-0.05, 0) is 44.5 Å². The van der Waals surface area contributed by atoms with Crippen LogP contribution in [0.1, 0.15) is 25.8 Å². The maximum absolute atomic E-state index is 12.9. The number of carbonyl (C=O) groups is 1. The molecule has 0 aliphatic heterocycles. The first-order valence-corrected chi connectivity index (χ1v) is 5.70. The molecule has 0 spiro atoms. The van der Waals surface area contributed by atoms with E-state index in [1.807, 2.05) is 0 Å². The van der Waals surface area contributed by atoms with Gasteiger partial charge in [0.05, 0.1) is 5.41 Å². The highest BCUT2D eigenvalue weighted by molar-refractivity contribution is 5.73. The molecule has 0 aromatic heterocycles. The van der Waals surface area contributed by atoms with Crippen molar-refractivity contribution in [2.75, 3.05) is 6.54 Å². The van der Waals surface area contributed by atoms with E-state index in [-0.39, 0.29) is 0 Å². The second kappa shape index (κ2) is 5.91. The number of carboxylic acids is 1. The molecule has 0 atom stereocenters. The fraction of sp³-hybridized carbons (Fsp3) is 0.462. The molecule has 0 heterocycles. The van der Waals surface area contributed by atoms with Gasteiger partial charge in [0.2, 0.25) is 0 Å². The van der Waals surface area contributed by atoms with E-state index in [4.69, 9.17) is 5.11 Å². The first-order valence-electron chi connectivity index (χ1n) is 5.70. The first-order chi connectivity index (χ1) is 8.31. The Morgan fingerprint density at radius 2 is 1.83 bits per heavy atom. The predicted molar refractivity (Wildman–Crippen MR) is 64.1 cm³/mol. The lowest BCUT2D eigenvalue weighted by atomic mass is 9.90. The first kappa shape index (κ1) is 14.6. The lowest BCUT2D eigenvalue weighted by molar-refractivity contribution is -0.147. The highest BCUT2D eigenvalue weighted by Crippen LogP contribution is 2.19. The second-order valence-corrected chi connectivity index (χ2v) is 4.89. The van der Waals surface area contributed by atoms with E-state index >= 15 is 0 Å². The third-order valence-electron chi connectivity index (χ3n) is 2.76. The van der Waals surface area contributed by atoms with Crippen LogP contribution >= 0.6 is 0 Å². The van der Waals surface area contributed by atoms with Crippen LogP contribution in [0.4, 0.5) is 8.78 Å². The fourth-order valence-corrected chi connectivity index (χ4v) is 1.45. The second-order valence-electron chi connectivity index (χ2n) is 4.89. The molecule has 3 nitrogen and oxygen atoms in total.